The minimum Gasteiger partial charge on any atom is -0.360 e. The van der Waals surface area contributed by atoms with Crippen molar-refractivity contribution < 1.29 is 12.9 Å². The second-order valence-electron chi connectivity index (χ2n) is 4.09. The molecule has 0 fully saturated rings. The Kier molecular flexibility index (Phi) is 3.82. The lowest BCUT2D eigenvalue weighted by Crippen LogP contribution is -2.14. The molecule has 2 rings (SSSR count). The third-order valence-corrected chi connectivity index (χ3v) is 4.50. The summed E-state index contributed by atoms with van der Waals surface area (Å²) in [5.74, 6) is 0.583. The molecule has 0 spiro atoms. The Morgan fingerprint density at radius 3 is 2.68 bits per heavy atom. The van der Waals surface area contributed by atoms with Crippen LogP contribution in [0.4, 0.5) is 5.69 Å². The highest BCUT2D eigenvalue weighted by molar-refractivity contribution is 7.92. The first-order chi connectivity index (χ1) is 8.94. The standard InChI is InChI=1S/C12H13ClN2O3S/c1-8-12(9(2)18-14-8)19(16,17)15-11-5-3-4-10(6-11)7-13/h3-6,15H,7H2,1-2H3. The van der Waals surface area contributed by atoms with Gasteiger partial charge in [-0.1, -0.05) is 17.3 Å². The highest BCUT2D eigenvalue weighted by atomic mass is 35.5. The molecule has 0 saturated carbocycles. The molecule has 1 aromatic heterocycles. The van der Waals surface area contributed by atoms with E-state index in [-0.39, 0.29) is 10.7 Å². The molecular weight excluding hydrogens is 288 g/mol. The fraction of sp³-hybridized carbons (Fsp3) is 0.250. The van der Waals surface area contributed by atoms with Crippen molar-refractivity contribution in [3.8, 4) is 0 Å². The third-order valence-electron chi connectivity index (χ3n) is 2.57. The molecule has 0 aliphatic rings. The normalized spacial score (nSPS) is 11.5. The maximum Gasteiger partial charge on any atom is 0.267 e. The van der Waals surface area contributed by atoms with E-state index in [4.69, 9.17) is 16.1 Å². The molecule has 1 N–H and O–H groups in total. The molecule has 0 radical (unpaired) electrons. The molecule has 0 saturated heterocycles. The number of hydrogen-bond donors (Lipinski definition) is 1. The fourth-order valence-corrected chi connectivity index (χ4v) is 3.33. The van der Waals surface area contributed by atoms with Crippen molar-refractivity contribution in [3.63, 3.8) is 0 Å². The third kappa shape index (κ3) is 2.90. The zero-order chi connectivity index (χ0) is 14.0. The minimum absolute atomic E-state index is 0.0729. The van der Waals surface area contributed by atoms with Crippen LogP contribution in [-0.2, 0) is 15.9 Å². The van der Waals surface area contributed by atoms with Gasteiger partial charge in [0.15, 0.2) is 10.7 Å². The zero-order valence-electron chi connectivity index (χ0n) is 10.5. The zero-order valence-corrected chi connectivity index (χ0v) is 12.0. The van der Waals surface area contributed by atoms with E-state index >= 15 is 0 Å². The van der Waals surface area contributed by atoms with Crippen molar-refractivity contribution in [2.24, 2.45) is 0 Å². The summed E-state index contributed by atoms with van der Waals surface area (Å²) in [6.07, 6.45) is 0. The summed E-state index contributed by atoms with van der Waals surface area (Å²) in [6.45, 7) is 3.14. The van der Waals surface area contributed by atoms with E-state index in [1.54, 1.807) is 32.0 Å². The molecule has 0 unspecified atom stereocenters. The number of aryl methyl sites for hydroxylation is 2. The quantitative estimate of drug-likeness (QED) is 0.881. The Bertz CT molecular complexity index is 675. The SMILES string of the molecule is Cc1noc(C)c1S(=O)(=O)Nc1cccc(CCl)c1. The summed E-state index contributed by atoms with van der Waals surface area (Å²) < 4.78 is 31.9. The van der Waals surface area contributed by atoms with Crippen LogP contribution < -0.4 is 4.72 Å². The summed E-state index contributed by atoms with van der Waals surface area (Å²) in [5, 5.41) is 3.64. The van der Waals surface area contributed by atoms with Gasteiger partial charge in [0.2, 0.25) is 0 Å². The van der Waals surface area contributed by atoms with Crippen molar-refractivity contribution in [1.29, 1.82) is 0 Å². The van der Waals surface area contributed by atoms with E-state index in [1.807, 2.05) is 6.07 Å². The fourth-order valence-electron chi connectivity index (χ4n) is 1.78. The average Bonchev–Trinajstić information content (AvgIpc) is 2.69. The van der Waals surface area contributed by atoms with Gasteiger partial charge in [0, 0.05) is 11.6 Å². The molecule has 0 amide bonds. The van der Waals surface area contributed by atoms with Crippen LogP contribution in [0.3, 0.4) is 0 Å². The van der Waals surface area contributed by atoms with Crippen LogP contribution in [0.2, 0.25) is 0 Å². The number of benzene rings is 1. The lowest BCUT2D eigenvalue weighted by molar-refractivity contribution is 0.390. The average molecular weight is 301 g/mol. The number of nitrogens with zero attached hydrogens (tertiary/aromatic N) is 1. The van der Waals surface area contributed by atoms with Gasteiger partial charge in [-0.2, -0.15) is 0 Å². The summed E-state index contributed by atoms with van der Waals surface area (Å²) in [6, 6.07) is 6.90. The first-order valence-corrected chi connectivity index (χ1v) is 7.56. The molecular formula is C12H13ClN2O3S. The lowest BCUT2D eigenvalue weighted by atomic mass is 10.2. The number of halogens is 1. The Morgan fingerprint density at radius 2 is 2.11 bits per heavy atom. The molecule has 0 aliphatic carbocycles. The molecule has 0 atom stereocenters. The van der Waals surface area contributed by atoms with Crippen LogP contribution in [0.15, 0.2) is 33.7 Å². The summed E-state index contributed by atoms with van der Waals surface area (Å²) >= 11 is 5.72. The first-order valence-electron chi connectivity index (χ1n) is 5.54. The molecule has 19 heavy (non-hydrogen) atoms. The lowest BCUT2D eigenvalue weighted by Gasteiger charge is -2.08. The van der Waals surface area contributed by atoms with Crippen LogP contribution in [0.1, 0.15) is 17.0 Å². The van der Waals surface area contributed by atoms with Gasteiger partial charge >= 0.3 is 0 Å². The summed E-state index contributed by atoms with van der Waals surface area (Å²) in [4.78, 5) is 0.0729. The van der Waals surface area contributed by atoms with Crippen molar-refractivity contribution in [2.75, 3.05) is 4.72 Å². The number of nitrogens with one attached hydrogen (secondary N) is 1. The minimum atomic E-state index is -3.71. The molecule has 1 aromatic carbocycles. The van der Waals surface area contributed by atoms with Crippen LogP contribution in [0, 0.1) is 13.8 Å². The van der Waals surface area contributed by atoms with Crippen molar-refractivity contribution in [1.82, 2.24) is 5.16 Å². The topological polar surface area (TPSA) is 72.2 Å². The van der Waals surface area contributed by atoms with Crippen LogP contribution >= 0.6 is 11.6 Å². The number of anilines is 1. The number of hydrogen-bond acceptors (Lipinski definition) is 4. The van der Waals surface area contributed by atoms with Crippen molar-refractivity contribution in [2.45, 2.75) is 24.6 Å². The molecule has 0 bridgehead atoms. The number of aromatic nitrogens is 1. The molecule has 7 heteroatoms. The van der Waals surface area contributed by atoms with E-state index < -0.39 is 10.0 Å². The predicted octanol–water partition coefficient (Wildman–Crippen LogP) is 2.83. The van der Waals surface area contributed by atoms with E-state index in [1.165, 1.54) is 0 Å². The maximum absolute atomic E-state index is 12.3. The Morgan fingerprint density at radius 1 is 1.37 bits per heavy atom. The van der Waals surface area contributed by atoms with Gasteiger partial charge in [-0.25, -0.2) is 8.42 Å². The van der Waals surface area contributed by atoms with E-state index in [9.17, 15) is 8.42 Å². The van der Waals surface area contributed by atoms with Gasteiger partial charge in [0.25, 0.3) is 10.0 Å². The Hall–Kier alpha value is -1.53. The van der Waals surface area contributed by atoms with Gasteiger partial charge in [-0.05, 0) is 31.5 Å². The van der Waals surface area contributed by atoms with Crippen molar-refractivity contribution >= 4 is 27.3 Å². The van der Waals surface area contributed by atoms with Crippen LogP contribution in [-0.4, -0.2) is 13.6 Å². The molecule has 102 valence electrons. The van der Waals surface area contributed by atoms with E-state index in [2.05, 4.69) is 9.88 Å². The maximum atomic E-state index is 12.3. The van der Waals surface area contributed by atoms with Gasteiger partial charge in [0.1, 0.15) is 5.69 Å². The number of rotatable bonds is 4. The Labute approximate surface area is 116 Å². The molecule has 0 aliphatic heterocycles. The molecule has 1 heterocycles. The largest absolute Gasteiger partial charge is 0.360 e. The van der Waals surface area contributed by atoms with E-state index in [0.29, 0.717) is 17.3 Å². The van der Waals surface area contributed by atoms with Gasteiger partial charge in [0.05, 0.1) is 0 Å². The monoisotopic (exact) mass is 300 g/mol. The van der Waals surface area contributed by atoms with Crippen LogP contribution in [0.5, 0.6) is 0 Å². The second-order valence-corrected chi connectivity index (χ2v) is 5.98. The highest BCUT2D eigenvalue weighted by Gasteiger charge is 2.24. The summed E-state index contributed by atoms with van der Waals surface area (Å²) in [7, 11) is -3.71. The summed E-state index contributed by atoms with van der Waals surface area (Å²) in [5.41, 5.74) is 1.62. The smallest absolute Gasteiger partial charge is 0.267 e. The van der Waals surface area contributed by atoms with Crippen LogP contribution in [0.25, 0.3) is 0 Å². The number of sulfonamides is 1. The molecule has 5 nitrogen and oxygen atoms in total. The second kappa shape index (κ2) is 5.22. The van der Waals surface area contributed by atoms with Gasteiger partial charge in [-0.3, -0.25) is 4.72 Å². The molecule has 2 aromatic rings. The van der Waals surface area contributed by atoms with Gasteiger partial charge < -0.3 is 4.52 Å². The predicted molar refractivity (Wildman–Crippen MR) is 72.8 cm³/mol. The highest BCUT2D eigenvalue weighted by Crippen LogP contribution is 2.23. The first kappa shape index (κ1) is 13.9. The van der Waals surface area contributed by atoms with E-state index in [0.717, 1.165) is 5.56 Å². The number of alkyl halides is 1. The Balaban J connectivity index is 2.36. The van der Waals surface area contributed by atoms with Crippen molar-refractivity contribution in [3.05, 3.63) is 41.3 Å². The van der Waals surface area contributed by atoms with Gasteiger partial charge in [-0.15, -0.1) is 11.6 Å².